The van der Waals surface area contributed by atoms with Gasteiger partial charge in [-0.2, -0.15) is 0 Å². The molecule has 2 saturated carbocycles. The molecule has 36 heavy (non-hydrogen) atoms. The van der Waals surface area contributed by atoms with Crippen LogP contribution in [0, 0.1) is 22.7 Å². The van der Waals surface area contributed by atoms with Crippen LogP contribution < -0.4 is 0 Å². The number of rotatable bonds is 2. The third-order valence-electron chi connectivity index (χ3n) is 9.99. The molecule has 0 radical (unpaired) electrons. The van der Waals surface area contributed by atoms with E-state index >= 15 is 0 Å². The average molecular weight is 491 g/mol. The van der Waals surface area contributed by atoms with Crippen molar-refractivity contribution in [3.8, 4) is 11.5 Å². The van der Waals surface area contributed by atoms with Crippen molar-refractivity contribution < 1.29 is 20.1 Å². The molecule has 6 rings (SSSR count). The Balaban J connectivity index is 0.000000148. The molecule has 0 bridgehead atoms. The minimum absolute atomic E-state index is 0.102. The quantitative estimate of drug-likeness (QED) is 0.412. The molecule has 2 fully saturated rings. The number of phenols is 2. The van der Waals surface area contributed by atoms with Crippen LogP contribution in [0.3, 0.4) is 0 Å². The van der Waals surface area contributed by atoms with Crippen LogP contribution in [0.2, 0.25) is 0 Å². The van der Waals surface area contributed by atoms with Crippen LogP contribution in [0.5, 0.6) is 11.5 Å². The molecule has 0 aromatic heterocycles. The third kappa shape index (κ3) is 4.94. The Hall–Kier alpha value is -2.33. The number of phenolic OH excluding ortho intramolecular Hbond substituents is 2. The number of aliphatic hydroxyl groups excluding tert-OH is 1. The van der Waals surface area contributed by atoms with Gasteiger partial charge in [0.05, 0.1) is 0 Å². The second-order valence-corrected chi connectivity index (χ2v) is 12.8. The van der Waals surface area contributed by atoms with Crippen molar-refractivity contribution in [2.45, 2.75) is 89.9 Å². The summed E-state index contributed by atoms with van der Waals surface area (Å²) in [7, 11) is 0. The summed E-state index contributed by atoms with van der Waals surface area (Å²) in [6.07, 6.45) is 12.2. The monoisotopic (exact) mass is 490 g/mol. The zero-order valence-electron chi connectivity index (χ0n) is 21.9. The van der Waals surface area contributed by atoms with Gasteiger partial charge >= 0.3 is 0 Å². The molecule has 194 valence electrons. The standard InChI is InChI=1S/C16H22O2.C16H20O2/c2*1-16(10-17)7-6-15-12(9-16)3-2-11-8-13(18)4-5-14(11)15/h4-5,8,12,15,17-18H,2-3,6-7,9-10H2,1H3;4-5,8,10,12,15,18H,2-3,6-7,9H2,1H3/t2*12-,15-,16-/m00/s1. The number of carbonyl (C=O) groups is 1. The highest BCUT2D eigenvalue weighted by atomic mass is 16.3. The van der Waals surface area contributed by atoms with Gasteiger partial charge in [-0.1, -0.05) is 26.0 Å². The van der Waals surface area contributed by atoms with Gasteiger partial charge in [0.15, 0.2) is 0 Å². The Morgan fingerprint density at radius 3 is 1.86 bits per heavy atom. The Bertz CT molecular complexity index is 1110. The summed E-state index contributed by atoms with van der Waals surface area (Å²) in [5.41, 5.74) is 5.54. The molecule has 0 heterocycles. The Labute approximate surface area is 215 Å². The highest BCUT2D eigenvalue weighted by Crippen LogP contribution is 2.52. The number of benzene rings is 2. The topological polar surface area (TPSA) is 77.8 Å². The number of aromatic hydroxyl groups is 2. The van der Waals surface area contributed by atoms with Gasteiger partial charge in [0.1, 0.15) is 17.8 Å². The first kappa shape index (κ1) is 25.3. The number of carbonyl (C=O) groups excluding carboxylic acids is 1. The van der Waals surface area contributed by atoms with E-state index in [-0.39, 0.29) is 10.8 Å². The molecule has 2 aromatic rings. The second-order valence-electron chi connectivity index (χ2n) is 12.8. The smallest absolute Gasteiger partial charge is 0.125 e. The van der Waals surface area contributed by atoms with E-state index in [1.54, 1.807) is 6.07 Å². The SMILES string of the molecule is C[C@]1(C=O)CC[C@@H]2c3ccc(O)cc3CC[C@H]2C1.C[C@]1(CO)CC[C@@H]2c3ccc(O)cc3CC[C@H]2C1. The van der Waals surface area contributed by atoms with Gasteiger partial charge < -0.3 is 20.1 Å². The normalized spacial score (nSPS) is 34.6. The maximum atomic E-state index is 11.2. The van der Waals surface area contributed by atoms with E-state index in [4.69, 9.17) is 0 Å². The van der Waals surface area contributed by atoms with Crippen LogP contribution in [0.4, 0.5) is 0 Å². The lowest BCUT2D eigenvalue weighted by Crippen LogP contribution is -2.35. The minimum atomic E-state index is -0.102. The van der Waals surface area contributed by atoms with E-state index in [1.807, 2.05) is 18.2 Å². The fourth-order valence-corrected chi connectivity index (χ4v) is 7.88. The second kappa shape index (κ2) is 9.85. The number of fused-ring (bicyclic) bond motifs is 6. The van der Waals surface area contributed by atoms with E-state index in [1.165, 1.54) is 35.1 Å². The predicted molar refractivity (Wildman–Crippen MR) is 142 cm³/mol. The summed E-state index contributed by atoms with van der Waals surface area (Å²) in [6, 6.07) is 11.7. The molecule has 4 aliphatic carbocycles. The first-order chi connectivity index (χ1) is 17.2. The van der Waals surface area contributed by atoms with E-state index < -0.39 is 0 Å². The third-order valence-corrected chi connectivity index (χ3v) is 9.99. The Morgan fingerprint density at radius 1 is 0.806 bits per heavy atom. The molecule has 4 heteroatoms. The molecule has 0 unspecified atom stereocenters. The number of hydrogen-bond donors (Lipinski definition) is 3. The molecule has 2 aromatic carbocycles. The number of hydrogen-bond acceptors (Lipinski definition) is 4. The van der Waals surface area contributed by atoms with E-state index in [0.717, 1.165) is 57.7 Å². The van der Waals surface area contributed by atoms with Gasteiger partial charge in [0, 0.05) is 12.0 Å². The molecule has 0 spiro atoms. The predicted octanol–water partition coefficient (Wildman–Crippen LogP) is 6.65. The average Bonchev–Trinajstić information content (AvgIpc) is 2.88. The zero-order chi connectivity index (χ0) is 25.5. The molecule has 0 aliphatic heterocycles. The molecule has 6 atom stereocenters. The van der Waals surface area contributed by atoms with Gasteiger partial charge in [0.25, 0.3) is 0 Å². The highest BCUT2D eigenvalue weighted by Gasteiger charge is 2.41. The summed E-state index contributed by atoms with van der Waals surface area (Å²) in [5.74, 6) is 3.37. The molecule has 0 saturated heterocycles. The van der Waals surface area contributed by atoms with Crippen molar-refractivity contribution >= 4 is 6.29 Å². The van der Waals surface area contributed by atoms with Crippen LogP contribution >= 0.6 is 0 Å². The van der Waals surface area contributed by atoms with Crippen molar-refractivity contribution in [3.63, 3.8) is 0 Å². The number of aldehydes is 1. The number of aryl methyl sites for hydroxylation is 2. The van der Waals surface area contributed by atoms with Crippen LogP contribution in [0.1, 0.15) is 99.3 Å². The minimum Gasteiger partial charge on any atom is -0.508 e. The van der Waals surface area contributed by atoms with Crippen molar-refractivity contribution in [2.24, 2.45) is 22.7 Å². The molecule has 3 N–H and O–H groups in total. The summed E-state index contributed by atoms with van der Waals surface area (Å²) < 4.78 is 0. The lowest BCUT2D eigenvalue weighted by Gasteiger charge is -2.45. The molecule has 0 amide bonds. The molecular weight excluding hydrogens is 448 g/mol. The van der Waals surface area contributed by atoms with E-state index in [9.17, 15) is 20.1 Å². The maximum Gasteiger partial charge on any atom is 0.125 e. The lowest BCUT2D eigenvalue weighted by atomic mass is 9.61. The van der Waals surface area contributed by atoms with Crippen LogP contribution in [0.25, 0.3) is 0 Å². The first-order valence-electron chi connectivity index (χ1n) is 13.9. The van der Waals surface area contributed by atoms with Crippen LogP contribution in [-0.4, -0.2) is 28.2 Å². The fraction of sp³-hybridized carbons (Fsp3) is 0.594. The van der Waals surface area contributed by atoms with Gasteiger partial charge in [-0.25, -0.2) is 0 Å². The van der Waals surface area contributed by atoms with Gasteiger partial charge in [-0.05, 0) is 140 Å². The molecule has 4 aliphatic rings. The molecular formula is C32H42O4. The summed E-state index contributed by atoms with van der Waals surface area (Å²) in [6.45, 7) is 4.64. The first-order valence-corrected chi connectivity index (χ1v) is 13.9. The summed E-state index contributed by atoms with van der Waals surface area (Å²) in [4.78, 5) is 11.2. The Morgan fingerprint density at radius 2 is 1.33 bits per heavy atom. The molecule has 4 nitrogen and oxygen atoms in total. The van der Waals surface area contributed by atoms with Crippen LogP contribution in [-0.2, 0) is 17.6 Å². The van der Waals surface area contributed by atoms with Crippen molar-refractivity contribution in [3.05, 3.63) is 58.7 Å². The number of aliphatic hydroxyl groups is 1. The van der Waals surface area contributed by atoms with Crippen molar-refractivity contribution in [1.82, 2.24) is 0 Å². The van der Waals surface area contributed by atoms with Gasteiger partial charge in [-0.15, -0.1) is 0 Å². The van der Waals surface area contributed by atoms with Crippen molar-refractivity contribution in [2.75, 3.05) is 6.61 Å². The lowest BCUT2D eigenvalue weighted by molar-refractivity contribution is -0.118. The summed E-state index contributed by atoms with van der Waals surface area (Å²) in [5, 5.41) is 28.7. The zero-order valence-corrected chi connectivity index (χ0v) is 21.9. The van der Waals surface area contributed by atoms with Crippen molar-refractivity contribution in [1.29, 1.82) is 0 Å². The van der Waals surface area contributed by atoms with E-state index in [2.05, 4.69) is 26.0 Å². The summed E-state index contributed by atoms with van der Waals surface area (Å²) >= 11 is 0. The fourth-order valence-electron chi connectivity index (χ4n) is 7.88. The van der Waals surface area contributed by atoms with Crippen LogP contribution in [0.15, 0.2) is 36.4 Å². The Kier molecular flexibility index (Phi) is 6.93. The van der Waals surface area contributed by atoms with Gasteiger partial charge in [0.2, 0.25) is 0 Å². The highest BCUT2D eigenvalue weighted by molar-refractivity contribution is 5.59. The van der Waals surface area contributed by atoms with Gasteiger partial charge in [-0.3, -0.25) is 0 Å². The largest absolute Gasteiger partial charge is 0.508 e. The maximum absolute atomic E-state index is 11.2. The van der Waals surface area contributed by atoms with E-state index in [0.29, 0.717) is 41.8 Å².